The van der Waals surface area contributed by atoms with E-state index in [1.165, 1.54) is 40.4 Å². The third kappa shape index (κ3) is 3.62. The lowest BCUT2D eigenvalue weighted by molar-refractivity contribution is 0.0856. The Morgan fingerprint density at radius 3 is 2.88 bits per heavy atom. The highest BCUT2D eigenvalue weighted by Gasteiger charge is 2.28. The molecule has 0 unspecified atom stereocenters. The molecule has 0 aromatic heterocycles. The fourth-order valence-corrected chi connectivity index (χ4v) is 3.76. The van der Waals surface area contributed by atoms with Gasteiger partial charge in [0.1, 0.15) is 5.82 Å². The van der Waals surface area contributed by atoms with Crippen molar-refractivity contribution in [3.8, 4) is 0 Å². The van der Waals surface area contributed by atoms with Gasteiger partial charge in [-0.2, -0.15) is 0 Å². The molecule has 3 nitrogen and oxygen atoms in total. The lowest BCUT2D eigenvalue weighted by atomic mass is 10.2. The van der Waals surface area contributed by atoms with Crippen LogP contribution in [0.25, 0.3) is 0 Å². The van der Waals surface area contributed by atoms with Crippen LogP contribution >= 0.6 is 23.4 Å². The fraction of sp³-hybridized carbons (Fsp3) is 0.222. The Hall–Kier alpha value is -1.85. The minimum Gasteiger partial charge on any atom is -0.285 e. The van der Waals surface area contributed by atoms with E-state index in [-0.39, 0.29) is 10.6 Å². The van der Waals surface area contributed by atoms with Gasteiger partial charge in [-0.15, -0.1) is 0 Å². The maximum Gasteiger partial charge on any atom is 0.264 e. The summed E-state index contributed by atoms with van der Waals surface area (Å²) < 4.78 is 14.0. The van der Waals surface area contributed by atoms with Crippen LogP contribution in [0.1, 0.15) is 21.5 Å². The van der Waals surface area contributed by atoms with Crippen LogP contribution in [0.3, 0.4) is 0 Å². The van der Waals surface area contributed by atoms with Gasteiger partial charge in [0.15, 0.2) is 5.17 Å². The van der Waals surface area contributed by atoms with Crippen molar-refractivity contribution in [2.75, 3.05) is 13.1 Å². The molecule has 6 heteroatoms. The first kappa shape index (κ1) is 17.0. The molecule has 0 aliphatic carbocycles. The third-order valence-electron chi connectivity index (χ3n) is 3.67. The first-order valence-electron chi connectivity index (χ1n) is 7.55. The summed E-state index contributed by atoms with van der Waals surface area (Å²) in [5.41, 5.74) is 2.25. The highest BCUT2D eigenvalue weighted by atomic mass is 35.5. The number of aryl methyl sites for hydroxylation is 1. The molecule has 0 atom stereocenters. The zero-order chi connectivity index (χ0) is 17.1. The van der Waals surface area contributed by atoms with Gasteiger partial charge in [-0.1, -0.05) is 59.3 Å². The van der Waals surface area contributed by atoms with Gasteiger partial charge in [0, 0.05) is 12.3 Å². The molecule has 124 valence electrons. The number of amidine groups is 1. The average Bonchev–Trinajstić information content (AvgIpc) is 3.01. The van der Waals surface area contributed by atoms with Crippen LogP contribution < -0.4 is 0 Å². The molecule has 1 aliphatic rings. The minimum atomic E-state index is -0.609. The van der Waals surface area contributed by atoms with Gasteiger partial charge in [0.05, 0.1) is 17.1 Å². The van der Waals surface area contributed by atoms with E-state index in [0.717, 1.165) is 5.56 Å². The number of halogens is 2. The molecule has 0 spiro atoms. The van der Waals surface area contributed by atoms with Gasteiger partial charge in [-0.25, -0.2) is 4.39 Å². The summed E-state index contributed by atoms with van der Waals surface area (Å²) in [6.45, 7) is 3.00. The molecule has 0 saturated heterocycles. The summed E-state index contributed by atoms with van der Waals surface area (Å²) in [5, 5.41) is 0.732. The van der Waals surface area contributed by atoms with Crippen LogP contribution in [0.2, 0.25) is 5.02 Å². The largest absolute Gasteiger partial charge is 0.285 e. The average molecular weight is 363 g/mol. The smallest absolute Gasteiger partial charge is 0.264 e. The van der Waals surface area contributed by atoms with Gasteiger partial charge in [-0.3, -0.25) is 14.7 Å². The monoisotopic (exact) mass is 362 g/mol. The van der Waals surface area contributed by atoms with Crippen LogP contribution in [-0.2, 0) is 5.75 Å². The van der Waals surface area contributed by atoms with Crippen LogP contribution in [0.5, 0.6) is 0 Å². The molecule has 2 aromatic carbocycles. The molecule has 0 bridgehead atoms. The standard InChI is InChI=1S/C18H16ClFN2OS/c1-12-4-2-5-13(10-12)11-24-18-21-8-9-22(18)17(23)16-14(19)6-3-7-15(16)20/h2-7,10H,8-9,11H2,1H3. The number of nitrogens with zero attached hydrogens (tertiary/aromatic N) is 2. The van der Waals surface area contributed by atoms with Crippen molar-refractivity contribution in [1.29, 1.82) is 0 Å². The maximum absolute atomic E-state index is 14.0. The Balaban J connectivity index is 1.74. The summed E-state index contributed by atoms with van der Waals surface area (Å²) >= 11 is 7.48. The van der Waals surface area contributed by atoms with Gasteiger partial charge >= 0.3 is 0 Å². The van der Waals surface area contributed by atoms with E-state index in [2.05, 4.69) is 11.1 Å². The molecule has 0 N–H and O–H groups in total. The normalized spacial score (nSPS) is 14.0. The maximum atomic E-state index is 14.0. The van der Waals surface area contributed by atoms with Crippen LogP contribution in [-0.4, -0.2) is 29.1 Å². The van der Waals surface area contributed by atoms with Crippen molar-refractivity contribution in [2.24, 2.45) is 4.99 Å². The second-order valence-corrected chi connectivity index (χ2v) is 6.85. The Morgan fingerprint density at radius 1 is 1.33 bits per heavy atom. The first-order valence-corrected chi connectivity index (χ1v) is 8.91. The molecular weight excluding hydrogens is 347 g/mol. The molecule has 1 aliphatic heterocycles. The quantitative estimate of drug-likeness (QED) is 0.803. The molecule has 0 fully saturated rings. The number of benzene rings is 2. The number of carbonyl (C=O) groups excluding carboxylic acids is 1. The van der Waals surface area contributed by atoms with Crippen molar-refractivity contribution in [2.45, 2.75) is 12.7 Å². The van der Waals surface area contributed by atoms with Crippen molar-refractivity contribution in [1.82, 2.24) is 4.90 Å². The molecule has 0 saturated carbocycles. The van der Waals surface area contributed by atoms with Crippen molar-refractivity contribution < 1.29 is 9.18 Å². The van der Waals surface area contributed by atoms with E-state index in [0.29, 0.717) is 24.0 Å². The Kier molecular flexibility index (Phi) is 5.21. The molecule has 1 amide bonds. The van der Waals surface area contributed by atoms with E-state index in [4.69, 9.17) is 11.6 Å². The zero-order valence-corrected chi connectivity index (χ0v) is 14.7. The van der Waals surface area contributed by atoms with Crippen molar-refractivity contribution in [3.63, 3.8) is 0 Å². The van der Waals surface area contributed by atoms with E-state index < -0.39 is 11.7 Å². The number of amides is 1. The highest BCUT2D eigenvalue weighted by molar-refractivity contribution is 8.13. The predicted octanol–water partition coefficient (Wildman–Crippen LogP) is 4.53. The van der Waals surface area contributed by atoms with Gasteiger partial charge < -0.3 is 0 Å². The van der Waals surface area contributed by atoms with Gasteiger partial charge in [0.2, 0.25) is 0 Å². The lowest BCUT2D eigenvalue weighted by Crippen LogP contribution is -2.33. The second kappa shape index (κ2) is 7.36. The number of thioether (sulfide) groups is 1. The fourth-order valence-electron chi connectivity index (χ4n) is 2.53. The van der Waals surface area contributed by atoms with Crippen LogP contribution in [0.15, 0.2) is 47.5 Å². The SMILES string of the molecule is Cc1cccc(CSC2=NCCN2C(=O)c2c(F)cccc2Cl)c1. The first-order chi connectivity index (χ1) is 11.6. The summed E-state index contributed by atoms with van der Waals surface area (Å²) in [4.78, 5) is 18.6. The highest BCUT2D eigenvalue weighted by Crippen LogP contribution is 2.25. The number of aliphatic imine (C=N–C) groups is 1. The Labute approximate surface area is 149 Å². The van der Waals surface area contributed by atoms with Gasteiger partial charge in [0.25, 0.3) is 5.91 Å². The van der Waals surface area contributed by atoms with E-state index >= 15 is 0 Å². The number of carbonyl (C=O) groups is 1. The molecule has 2 aromatic rings. The minimum absolute atomic E-state index is 0.0927. The van der Waals surface area contributed by atoms with Gasteiger partial charge in [-0.05, 0) is 24.6 Å². The van der Waals surface area contributed by atoms with Crippen LogP contribution in [0, 0.1) is 12.7 Å². The number of rotatable bonds is 3. The molecule has 24 heavy (non-hydrogen) atoms. The second-order valence-electron chi connectivity index (χ2n) is 5.50. The molecule has 3 rings (SSSR count). The summed E-state index contributed by atoms with van der Waals surface area (Å²) in [6, 6.07) is 12.4. The molecule has 1 heterocycles. The van der Waals surface area contributed by atoms with E-state index in [1.807, 2.05) is 25.1 Å². The zero-order valence-electron chi connectivity index (χ0n) is 13.1. The molecule has 0 radical (unpaired) electrons. The predicted molar refractivity (Wildman–Crippen MR) is 97.2 cm³/mol. The Bertz CT molecular complexity index is 789. The molecular formula is C18H16ClFN2OS. The van der Waals surface area contributed by atoms with Crippen molar-refractivity contribution in [3.05, 3.63) is 70.0 Å². The van der Waals surface area contributed by atoms with Crippen molar-refractivity contribution >= 4 is 34.4 Å². The summed E-state index contributed by atoms with van der Waals surface area (Å²) in [6.07, 6.45) is 0. The number of hydrogen-bond donors (Lipinski definition) is 0. The summed E-state index contributed by atoms with van der Waals surface area (Å²) in [5.74, 6) is -0.344. The third-order valence-corrected chi connectivity index (χ3v) is 5.07. The van der Waals surface area contributed by atoms with E-state index in [9.17, 15) is 9.18 Å². The Morgan fingerprint density at radius 2 is 2.12 bits per heavy atom. The van der Waals surface area contributed by atoms with E-state index in [1.54, 1.807) is 0 Å². The lowest BCUT2D eigenvalue weighted by Gasteiger charge is -2.19. The number of hydrogen-bond acceptors (Lipinski definition) is 3. The topological polar surface area (TPSA) is 32.7 Å². The summed E-state index contributed by atoms with van der Waals surface area (Å²) in [7, 11) is 0. The van der Waals surface area contributed by atoms with Crippen LogP contribution in [0.4, 0.5) is 4.39 Å².